The number of amides is 1. The first-order valence-electron chi connectivity index (χ1n) is 6.10. The van der Waals surface area contributed by atoms with Crippen molar-refractivity contribution in [3.63, 3.8) is 0 Å². The summed E-state index contributed by atoms with van der Waals surface area (Å²) in [5.74, 6) is -0.339. The van der Waals surface area contributed by atoms with Crippen LogP contribution < -0.4 is 11.1 Å². The fraction of sp³-hybridized carbons (Fsp3) is 0.429. The number of rotatable bonds is 5. The summed E-state index contributed by atoms with van der Waals surface area (Å²) in [6.07, 6.45) is 0.795. The first-order chi connectivity index (χ1) is 8.39. The summed E-state index contributed by atoms with van der Waals surface area (Å²) in [5.41, 5.74) is 5.54. The largest absolute Gasteiger partial charge is 0.387 e. The molecule has 1 aromatic rings. The van der Waals surface area contributed by atoms with Crippen molar-refractivity contribution in [2.24, 2.45) is 11.1 Å². The van der Waals surface area contributed by atoms with Crippen molar-refractivity contribution in [2.45, 2.75) is 33.2 Å². The van der Waals surface area contributed by atoms with Crippen molar-refractivity contribution in [1.29, 1.82) is 5.41 Å². The highest BCUT2D eigenvalue weighted by molar-refractivity contribution is 6.04. The number of carbonyl (C=O) groups is 1. The van der Waals surface area contributed by atoms with Gasteiger partial charge in [0.2, 0.25) is 5.91 Å². The second-order valence-electron chi connectivity index (χ2n) is 4.88. The first-order valence-corrected chi connectivity index (χ1v) is 6.10. The Balaban J connectivity index is 2.82. The maximum atomic E-state index is 12.1. The number of hydrogen-bond donors (Lipinski definition) is 3. The monoisotopic (exact) mass is 247 g/mol. The average molecular weight is 247 g/mol. The fourth-order valence-electron chi connectivity index (χ4n) is 1.57. The molecule has 0 saturated carbocycles. The molecule has 18 heavy (non-hydrogen) atoms. The lowest BCUT2D eigenvalue weighted by atomic mass is 9.90. The second kappa shape index (κ2) is 5.67. The van der Waals surface area contributed by atoms with Gasteiger partial charge >= 0.3 is 0 Å². The Bertz CT molecular complexity index is 426. The van der Waals surface area contributed by atoms with Gasteiger partial charge in [0.25, 0.3) is 0 Å². The Hall–Kier alpha value is -1.84. The van der Waals surface area contributed by atoms with Crippen LogP contribution in [0.1, 0.15) is 38.8 Å². The maximum Gasteiger partial charge on any atom is 0.233 e. The molecular formula is C14H21N3O. The quantitative estimate of drug-likeness (QED) is 0.551. The molecule has 0 aliphatic rings. The predicted molar refractivity (Wildman–Crippen MR) is 73.3 cm³/mol. The van der Waals surface area contributed by atoms with Crippen molar-refractivity contribution < 1.29 is 4.79 Å². The van der Waals surface area contributed by atoms with Gasteiger partial charge in [-0.2, -0.15) is 0 Å². The number of benzene rings is 1. The van der Waals surface area contributed by atoms with Gasteiger partial charge in [0.1, 0.15) is 11.3 Å². The van der Waals surface area contributed by atoms with Crippen molar-refractivity contribution >= 4 is 11.7 Å². The lowest BCUT2D eigenvalue weighted by Gasteiger charge is -2.26. The minimum Gasteiger partial charge on any atom is -0.387 e. The Labute approximate surface area is 108 Å². The molecule has 1 atom stereocenters. The molecule has 0 aliphatic heterocycles. The summed E-state index contributed by atoms with van der Waals surface area (Å²) in [6, 6.07) is 9.75. The molecule has 1 rings (SSSR count). The third kappa shape index (κ3) is 3.09. The normalized spacial score (nSPS) is 12.8. The molecule has 98 valence electrons. The molecule has 0 heterocycles. The number of nitrogens with two attached hydrogens (primary N) is 1. The van der Waals surface area contributed by atoms with E-state index in [0.29, 0.717) is 0 Å². The second-order valence-corrected chi connectivity index (χ2v) is 4.88. The lowest BCUT2D eigenvalue weighted by Crippen LogP contribution is -2.46. The van der Waals surface area contributed by atoms with Gasteiger partial charge in [0.05, 0.1) is 6.04 Å². The van der Waals surface area contributed by atoms with Gasteiger partial charge in [0.15, 0.2) is 0 Å². The Kier molecular flexibility index (Phi) is 4.48. The van der Waals surface area contributed by atoms with Crippen molar-refractivity contribution in [3.05, 3.63) is 35.9 Å². The molecule has 0 fully saturated rings. The zero-order chi connectivity index (χ0) is 13.8. The van der Waals surface area contributed by atoms with Gasteiger partial charge in [-0.3, -0.25) is 10.2 Å². The zero-order valence-corrected chi connectivity index (χ0v) is 11.2. The van der Waals surface area contributed by atoms with Crippen LogP contribution in [0.15, 0.2) is 30.3 Å². The Morgan fingerprint density at radius 2 is 1.94 bits per heavy atom. The van der Waals surface area contributed by atoms with Crippen LogP contribution in [0.2, 0.25) is 0 Å². The van der Waals surface area contributed by atoms with Crippen LogP contribution in [0.3, 0.4) is 0 Å². The van der Waals surface area contributed by atoms with Crippen LogP contribution in [0.5, 0.6) is 0 Å². The van der Waals surface area contributed by atoms with Gasteiger partial charge < -0.3 is 11.1 Å². The van der Waals surface area contributed by atoms with E-state index >= 15 is 0 Å². The van der Waals surface area contributed by atoms with Crippen LogP contribution in [-0.4, -0.2) is 11.7 Å². The highest BCUT2D eigenvalue weighted by Crippen LogP contribution is 2.20. The molecule has 0 unspecified atom stereocenters. The first kappa shape index (κ1) is 14.2. The van der Waals surface area contributed by atoms with E-state index in [0.717, 1.165) is 12.0 Å². The van der Waals surface area contributed by atoms with Crippen LogP contribution in [0.4, 0.5) is 0 Å². The van der Waals surface area contributed by atoms with E-state index in [2.05, 4.69) is 5.32 Å². The van der Waals surface area contributed by atoms with E-state index in [1.165, 1.54) is 0 Å². The molecule has 1 aromatic carbocycles. The predicted octanol–water partition coefficient (Wildman–Crippen LogP) is 2.22. The molecule has 4 heteroatoms. The third-order valence-corrected chi connectivity index (χ3v) is 3.16. The Morgan fingerprint density at radius 3 is 2.39 bits per heavy atom. The molecule has 0 saturated heterocycles. The molecule has 4 nitrogen and oxygen atoms in total. The SMILES string of the molecule is CC[C@H](NC(=O)C(C)(C)C(=N)N)c1ccccc1. The van der Waals surface area contributed by atoms with Crippen LogP contribution in [0, 0.1) is 10.8 Å². The minimum absolute atomic E-state index is 0.0441. The van der Waals surface area contributed by atoms with E-state index in [1.54, 1.807) is 13.8 Å². The third-order valence-electron chi connectivity index (χ3n) is 3.16. The van der Waals surface area contributed by atoms with Crippen LogP contribution in [-0.2, 0) is 4.79 Å². The van der Waals surface area contributed by atoms with Crippen molar-refractivity contribution in [2.75, 3.05) is 0 Å². The fourth-order valence-corrected chi connectivity index (χ4v) is 1.57. The lowest BCUT2D eigenvalue weighted by molar-refractivity contribution is -0.127. The molecular weight excluding hydrogens is 226 g/mol. The van der Waals surface area contributed by atoms with Gasteiger partial charge in [-0.05, 0) is 25.8 Å². The van der Waals surface area contributed by atoms with Gasteiger partial charge in [-0.15, -0.1) is 0 Å². The number of carbonyl (C=O) groups excluding carboxylic acids is 1. The van der Waals surface area contributed by atoms with E-state index in [9.17, 15) is 4.79 Å². The van der Waals surface area contributed by atoms with E-state index < -0.39 is 5.41 Å². The molecule has 0 bridgehead atoms. The smallest absolute Gasteiger partial charge is 0.233 e. The maximum absolute atomic E-state index is 12.1. The van der Waals surface area contributed by atoms with E-state index in [-0.39, 0.29) is 17.8 Å². The summed E-state index contributed by atoms with van der Waals surface area (Å²) in [6.45, 7) is 5.32. The molecule has 0 spiro atoms. The summed E-state index contributed by atoms with van der Waals surface area (Å²) >= 11 is 0. The number of amidine groups is 1. The van der Waals surface area contributed by atoms with Gasteiger partial charge in [-0.25, -0.2) is 0 Å². The standard InChI is InChI=1S/C14H21N3O/c1-4-11(10-8-6-5-7-9-10)17-13(18)14(2,3)12(15)16/h5-9,11H,4H2,1-3H3,(H3,15,16)(H,17,18)/t11-/m0/s1. The topological polar surface area (TPSA) is 79.0 Å². The van der Waals surface area contributed by atoms with Gasteiger partial charge in [-0.1, -0.05) is 37.3 Å². The van der Waals surface area contributed by atoms with Gasteiger partial charge in [0, 0.05) is 0 Å². The molecule has 0 aromatic heterocycles. The summed E-state index contributed by atoms with van der Waals surface area (Å²) < 4.78 is 0. The highest BCUT2D eigenvalue weighted by Gasteiger charge is 2.32. The Morgan fingerprint density at radius 1 is 1.39 bits per heavy atom. The van der Waals surface area contributed by atoms with Crippen molar-refractivity contribution in [3.8, 4) is 0 Å². The number of hydrogen-bond acceptors (Lipinski definition) is 2. The molecule has 0 aliphatic carbocycles. The zero-order valence-electron chi connectivity index (χ0n) is 11.2. The highest BCUT2D eigenvalue weighted by atomic mass is 16.2. The van der Waals surface area contributed by atoms with Crippen molar-refractivity contribution in [1.82, 2.24) is 5.32 Å². The van der Waals surface area contributed by atoms with Crippen LogP contribution in [0.25, 0.3) is 0 Å². The summed E-state index contributed by atoms with van der Waals surface area (Å²) in [4.78, 5) is 12.1. The van der Waals surface area contributed by atoms with Crippen LogP contribution >= 0.6 is 0 Å². The molecule has 1 amide bonds. The summed E-state index contributed by atoms with van der Waals surface area (Å²) in [5, 5.41) is 10.4. The average Bonchev–Trinajstić information content (AvgIpc) is 2.36. The summed E-state index contributed by atoms with van der Waals surface area (Å²) in [7, 11) is 0. The minimum atomic E-state index is -0.970. The van der Waals surface area contributed by atoms with E-state index in [1.807, 2.05) is 37.3 Å². The number of nitrogens with one attached hydrogen (secondary N) is 2. The molecule has 4 N–H and O–H groups in total. The van der Waals surface area contributed by atoms with E-state index in [4.69, 9.17) is 11.1 Å². The molecule has 0 radical (unpaired) electrons.